The average Bonchev–Trinajstić information content (AvgIpc) is 2.82. The molecule has 0 atom stereocenters. The van der Waals surface area contributed by atoms with Gasteiger partial charge >= 0.3 is 5.97 Å². The number of methoxy groups -OCH3 is 1. The van der Waals surface area contributed by atoms with E-state index in [-0.39, 0.29) is 24.2 Å². The number of esters is 1. The average molecular weight is 523 g/mol. The summed E-state index contributed by atoms with van der Waals surface area (Å²) < 4.78 is 4.70. The van der Waals surface area contributed by atoms with Gasteiger partial charge in [-0.1, -0.05) is 71.7 Å². The van der Waals surface area contributed by atoms with Crippen LogP contribution >= 0.6 is 35.6 Å². The van der Waals surface area contributed by atoms with Crippen LogP contribution in [0.15, 0.2) is 72.8 Å². The second kappa shape index (κ2) is 14.6. The quantitative estimate of drug-likeness (QED) is 0.176. The Kier molecular flexibility index (Phi) is 12.6. The normalized spacial score (nSPS) is 9.71. The minimum absolute atomic E-state index is 0. The van der Waals surface area contributed by atoms with Gasteiger partial charge in [0.2, 0.25) is 0 Å². The molecule has 8 heteroatoms. The molecule has 4 aromatic carbocycles. The number of rotatable bonds is 3. The zero-order valence-corrected chi connectivity index (χ0v) is 21.6. The number of ether oxygens (including phenoxy) is 1. The van der Waals surface area contributed by atoms with E-state index in [0.717, 1.165) is 21.5 Å². The van der Waals surface area contributed by atoms with Crippen molar-refractivity contribution in [1.82, 2.24) is 5.48 Å². The molecule has 0 unspecified atom stereocenters. The van der Waals surface area contributed by atoms with E-state index in [9.17, 15) is 9.59 Å². The summed E-state index contributed by atoms with van der Waals surface area (Å²) in [5, 5.41) is 4.90. The molecule has 0 aromatic heterocycles. The summed E-state index contributed by atoms with van der Waals surface area (Å²) in [6.07, 6.45) is 0. The molecule has 0 heterocycles. The van der Waals surface area contributed by atoms with Crippen molar-refractivity contribution in [1.29, 1.82) is 0 Å². The van der Waals surface area contributed by atoms with Crippen molar-refractivity contribution >= 4 is 68.9 Å². The molecule has 4 aromatic rings. The number of hydrogen-bond donors (Lipinski definition) is 1. The second-order valence-corrected chi connectivity index (χ2v) is 7.68. The van der Waals surface area contributed by atoms with Crippen molar-refractivity contribution < 1.29 is 19.2 Å². The number of carbonyl (C=O) groups is 2. The molecule has 180 valence electrons. The van der Waals surface area contributed by atoms with Gasteiger partial charge in [0.05, 0.1) is 19.8 Å². The van der Waals surface area contributed by atoms with Crippen LogP contribution in [0, 0.1) is 0 Å². The molecule has 0 amide bonds. The van der Waals surface area contributed by atoms with Crippen LogP contribution in [-0.2, 0) is 9.57 Å². The Morgan fingerprint density at radius 2 is 1.18 bits per heavy atom. The summed E-state index contributed by atoms with van der Waals surface area (Å²) >= 11 is 11.8. The zero-order chi connectivity index (χ0) is 24.4. The van der Waals surface area contributed by atoms with Crippen LogP contribution in [0.25, 0.3) is 21.5 Å². The maximum Gasteiger partial charge on any atom is 0.338 e. The number of halogens is 3. The van der Waals surface area contributed by atoms with Crippen molar-refractivity contribution in [3.63, 3.8) is 0 Å². The third kappa shape index (κ3) is 7.97. The van der Waals surface area contributed by atoms with E-state index in [1.54, 1.807) is 33.2 Å². The van der Waals surface area contributed by atoms with Crippen molar-refractivity contribution in [2.75, 3.05) is 21.3 Å². The number of benzene rings is 4. The summed E-state index contributed by atoms with van der Waals surface area (Å²) in [5.74, 6) is -0.322. The van der Waals surface area contributed by atoms with Gasteiger partial charge in [-0.3, -0.25) is 4.79 Å². The van der Waals surface area contributed by atoms with Crippen molar-refractivity contribution in [3.8, 4) is 0 Å². The maximum atomic E-state index is 11.5. The minimum Gasteiger partial charge on any atom is -0.465 e. The van der Waals surface area contributed by atoms with Gasteiger partial charge < -0.3 is 9.57 Å². The number of carbonyl (C=O) groups excluding carboxylic acids is 2. The number of Topliss-reactive ketones (excluding diaryl/α,β-unsaturated/α-hetero) is 1. The Bertz CT molecular complexity index is 1260. The summed E-state index contributed by atoms with van der Waals surface area (Å²) in [7, 11) is 4.64. The molecular weight excluding hydrogens is 497 g/mol. The number of fused-ring (bicyclic) bond motifs is 2. The van der Waals surface area contributed by atoms with Crippen molar-refractivity contribution in [3.05, 3.63) is 94.0 Å². The lowest BCUT2D eigenvalue weighted by Gasteiger charge is -2.05. The smallest absolute Gasteiger partial charge is 0.338 e. The Hall–Kier alpha value is -2.67. The summed E-state index contributed by atoms with van der Waals surface area (Å²) in [4.78, 5) is 27.1. The van der Waals surface area contributed by atoms with Crippen LogP contribution in [0.5, 0.6) is 0 Å². The van der Waals surface area contributed by atoms with Crippen LogP contribution in [0.3, 0.4) is 0 Å². The number of ketones is 1. The molecule has 1 N–H and O–H groups in total. The third-order valence-corrected chi connectivity index (χ3v) is 5.08. The predicted octanol–water partition coefficient (Wildman–Crippen LogP) is 7.16. The first-order valence-electron chi connectivity index (χ1n) is 9.98. The Morgan fingerprint density at radius 3 is 1.59 bits per heavy atom. The fourth-order valence-corrected chi connectivity index (χ4v) is 3.57. The van der Waals surface area contributed by atoms with Gasteiger partial charge in [-0.05, 0) is 52.7 Å². The van der Waals surface area contributed by atoms with Crippen LogP contribution in [-0.4, -0.2) is 33.0 Å². The Balaban J connectivity index is 0.000000288. The fraction of sp³-hybridized carbons (Fsp3) is 0.154. The zero-order valence-electron chi connectivity index (χ0n) is 19.2. The SMILES string of the molecule is CC(=O)c1cc(Cl)cc2ccccc12.CNOC.COC(=O)c1cc(Cl)cc2ccccc12.Cl. The van der Waals surface area contributed by atoms with E-state index < -0.39 is 0 Å². The third-order valence-electron chi connectivity index (χ3n) is 4.64. The van der Waals surface area contributed by atoms with E-state index in [2.05, 4.69) is 10.3 Å². The van der Waals surface area contributed by atoms with Gasteiger partial charge in [-0.15, -0.1) is 12.4 Å². The molecular formula is C26H26Cl3NO4. The van der Waals surface area contributed by atoms with Gasteiger partial charge in [0.15, 0.2) is 5.78 Å². The Morgan fingerprint density at radius 1 is 0.765 bits per heavy atom. The van der Waals surface area contributed by atoms with E-state index in [1.165, 1.54) is 7.11 Å². The first kappa shape index (κ1) is 29.4. The highest BCUT2D eigenvalue weighted by Gasteiger charge is 2.11. The van der Waals surface area contributed by atoms with Gasteiger partial charge in [0, 0.05) is 22.7 Å². The molecule has 0 bridgehead atoms. The summed E-state index contributed by atoms with van der Waals surface area (Å²) in [6, 6.07) is 22.3. The van der Waals surface area contributed by atoms with E-state index >= 15 is 0 Å². The molecule has 0 fully saturated rings. The molecule has 0 saturated heterocycles. The highest BCUT2D eigenvalue weighted by Crippen LogP contribution is 2.25. The van der Waals surface area contributed by atoms with Gasteiger partial charge in [0.25, 0.3) is 0 Å². The maximum absolute atomic E-state index is 11.5. The van der Waals surface area contributed by atoms with Crippen LogP contribution in [0.4, 0.5) is 0 Å². The molecule has 0 aliphatic rings. The Labute approximate surface area is 215 Å². The monoisotopic (exact) mass is 521 g/mol. The number of hydrogen-bond acceptors (Lipinski definition) is 5. The molecule has 0 aliphatic heterocycles. The summed E-state index contributed by atoms with van der Waals surface area (Å²) in [6.45, 7) is 1.55. The lowest BCUT2D eigenvalue weighted by molar-refractivity contribution is 0.0603. The van der Waals surface area contributed by atoms with Crippen LogP contribution in [0.1, 0.15) is 27.6 Å². The van der Waals surface area contributed by atoms with Crippen molar-refractivity contribution in [2.45, 2.75) is 6.92 Å². The van der Waals surface area contributed by atoms with Crippen LogP contribution < -0.4 is 5.48 Å². The van der Waals surface area contributed by atoms with E-state index in [0.29, 0.717) is 21.2 Å². The van der Waals surface area contributed by atoms with Gasteiger partial charge in [-0.25, -0.2) is 10.3 Å². The molecule has 5 nitrogen and oxygen atoms in total. The van der Waals surface area contributed by atoms with Gasteiger partial charge in [-0.2, -0.15) is 0 Å². The molecule has 34 heavy (non-hydrogen) atoms. The second-order valence-electron chi connectivity index (χ2n) is 6.80. The standard InChI is InChI=1S/C12H9ClO2.C12H9ClO.C2H7NO.ClH/c1-15-12(14)11-7-9(13)6-8-4-2-3-5-10(8)11;1-8(14)12-7-10(13)6-9-4-2-3-5-11(9)12;1-3-4-2;/h2-7H,1H3;2-7H,1H3;3H,1-2H3;1H. The lowest BCUT2D eigenvalue weighted by Crippen LogP contribution is -2.01. The topological polar surface area (TPSA) is 64.6 Å². The predicted molar refractivity (Wildman–Crippen MR) is 143 cm³/mol. The molecule has 0 radical (unpaired) electrons. The minimum atomic E-state index is -0.367. The first-order valence-corrected chi connectivity index (χ1v) is 10.7. The molecule has 0 aliphatic carbocycles. The van der Waals surface area contributed by atoms with E-state index in [4.69, 9.17) is 27.9 Å². The van der Waals surface area contributed by atoms with Crippen molar-refractivity contribution in [2.24, 2.45) is 0 Å². The highest BCUT2D eigenvalue weighted by molar-refractivity contribution is 6.32. The molecule has 4 rings (SSSR count). The largest absolute Gasteiger partial charge is 0.465 e. The number of nitrogens with one attached hydrogen (secondary N) is 1. The highest BCUT2D eigenvalue weighted by atomic mass is 35.5. The summed E-state index contributed by atoms with van der Waals surface area (Å²) in [5.41, 5.74) is 3.62. The number of hydroxylamine groups is 1. The first-order chi connectivity index (χ1) is 15.8. The van der Waals surface area contributed by atoms with Gasteiger partial charge in [0.1, 0.15) is 0 Å². The lowest BCUT2D eigenvalue weighted by atomic mass is 10.0. The molecule has 0 saturated carbocycles. The fourth-order valence-electron chi connectivity index (χ4n) is 3.12. The van der Waals surface area contributed by atoms with Crippen LogP contribution in [0.2, 0.25) is 10.0 Å². The molecule has 0 spiro atoms. The van der Waals surface area contributed by atoms with E-state index in [1.807, 2.05) is 60.7 Å².